The van der Waals surface area contributed by atoms with Gasteiger partial charge in [0.25, 0.3) is 5.91 Å². The van der Waals surface area contributed by atoms with Crippen LogP contribution >= 0.6 is 0 Å². The summed E-state index contributed by atoms with van der Waals surface area (Å²) in [7, 11) is 0. The second kappa shape index (κ2) is 6.60. The highest BCUT2D eigenvalue weighted by atomic mass is 19.4. The number of carbonyl (C=O) groups is 1. The predicted molar refractivity (Wildman–Crippen MR) is 66.1 cm³/mol. The summed E-state index contributed by atoms with van der Waals surface area (Å²) in [5.74, 6) is -0.937. The number of halogens is 3. The number of hydrogen-bond acceptors (Lipinski definition) is 3. The molecule has 0 aliphatic heterocycles. The maximum atomic E-state index is 12.8. The molecule has 1 amide bonds. The van der Waals surface area contributed by atoms with E-state index in [9.17, 15) is 18.0 Å². The molecule has 0 unspecified atom stereocenters. The van der Waals surface area contributed by atoms with Crippen molar-refractivity contribution in [1.82, 2.24) is 5.32 Å². The summed E-state index contributed by atoms with van der Waals surface area (Å²) in [6, 6.07) is 3.09. The molecule has 0 saturated carbocycles. The molecule has 2 N–H and O–H groups in total. The molecule has 1 aromatic rings. The second-order valence-electron chi connectivity index (χ2n) is 4.50. The molecular weight excluding hydrogens is 275 g/mol. The number of benzene rings is 1. The van der Waals surface area contributed by atoms with Crippen LogP contribution < -0.4 is 10.1 Å². The maximum Gasteiger partial charge on any atom is 0.419 e. The third-order valence-electron chi connectivity index (χ3n) is 2.34. The Kier molecular flexibility index (Phi) is 5.38. The van der Waals surface area contributed by atoms with Gasteiger partial charge in [-0.2, -0.15) is 13.2 Å². The van der Waals surface area contributed by atoms with Crippen molar-refractivity contribution in [2.45, 2.75) is 32.7 Å². The summed E-state index contributed by atoms with van der Waals surface area (Å²) >= 11 is 0. The van der Waals surface area contributed by atoms with Crippen molar-refractivity contribution in [2.24, 2.45) is 0 Å². The van der Waals surface area contributed by atoms with E-state index >= 15 is 0 Å². The first-order valence-corrected chi connectivity index (χ1v) is 5.97. The molecule has 0 aliphatic rings. The Balaban J connectivity index is 2.87. The minimum atomic E-state index is -4.62. The first kappa shape index (κ1) is 16.3. The van der Waals surface area contributed by atoms with Crippen LogP contribution in [0.2, 0.25) is 0 Å². The standard InChI is InChI=1S/C13H16F3NO3/c1-8(2)17-12(19)7-20-11-4-3-9(6-18)5-10(11)13(14,15)16/h3-5,8,18H,6-7H2,1-2H3,(H,17,19). The van der Waals surface area contributed by atoms with E-state index in [1.165, 1.54) is 6.07 Å². The van der Waals surface area contributed by atoms with Crippen LogP contribution in [0.15, 0.2) is 18.2 Å². The van der Waals surface area contributed by atoms with E-state index in [2.05, 4.69) is 5.32 Å². The molecule has 0 heterocycles. The summed E-state index contributed by atoms with van der Waals surface area (Å²) in [6.07, 6.45) is -4.62. The molecule has 1 aromatic carbocycles. The Labute approximate surface area is 114 Å². The number of ether oxygens (including phenoxy) is 1. The molecule has 7 heteroatoms. The largest absolute Gasteiger partial charge is 0.483 e. The summed E-state index contributed by atoms with van der Waals surface area (Å²) in [5, 5.41) is 11.4. The van der Waals surface area contributed by atoms with Gasteiger partial charge in [-0.15, -0.1) is 0 Å². The van der Waals surface area contributed by atoms with Crippen LogP contribution in [0.3, 0.4) is 0 Å². The van der Waals surface area contributed by atoms with Crippen molar-refractivity contribution in [3.05, 3.63) is 29.3 Å². The van der Waals surface area contributed by atoms with Crippen LogP contribution in [0.4, 0.5) is 13.2 Å². The third-order valence-corrected chi connectivity index (χ3v) is 2.34. The Hall–Kier alpha value is -1.76. The van der Waals surface area contributed by atoms with E-state index in [1.54, 1.807) is 13.8 Å². The zero-order valence-corrected chi connectivity index (χ0v) is 11.1. The van der Waals surface area contributed by atoms with Gasteiger partial charge in [-0.3, -0.25) is 4.79 Å². The molecule has 0 bridgehead atoms. The van der Waals surface area contributed by atoms with Crippen LogP contribution in [0.5, 0.6) is 5.75 Å². The molecule has 0 radical (unpaired) electrons. The first-order chi connectivity index (χ1) is 9.24. The fraction of sp³-hybridized carbons (Fsp3) is 0.462. The summed E-state index contributed by atoms with van der Waals surface area (Å²) in [6.45, 7) is 2.46. The average molecular weight is 291 g/mol. The molecule has 1 rings (SSSR count). The number of rotatable bonds is 5. The van der Waals surface area contributed by atoms with E-state index in [0.29, 0.717) is 0 Å². The maximum absolute atomic E-state index is 12.8. The zero-order valence-electron chi connectivity index (χ0n) is 11.1. The number of carbonyl (C=O) groups excluding carboxylic acids is 1. The Morgan fingerprint density at radius 1 is 1.40 bits per heavy atom. The van der Waals surface area contributed by atoms with E-state index in [-0.39, 0.29) is 11.6 Å². The third kappa shape index (κ3) is 4.73. The zero-order chi connectivity index (χ0) is 15.3. The molecular formula is C13H16F3NO3. The molecule has 0 spiro atoms. The minimum Gasteiger partial charge on any atom is -0.483 e. The lowest BCUT2D eigenvalue weighted by Gasteiger charge is -2.15. The van der Waals surface area contributed by atoms with E-state index in [0.717, 1.165) is 12.1 Å². The van der Waals surface area contributed by atoms with Crippen molar-refractivity contribution in [2.75, 3.05) is 6.61 Å². The summed E-state index contributed by atoms with van der Waals surface area (Å²) in [4.78, 5) is 11.4. The van der Waals surface area contributed by atoms with E-state index in [1.807, 2.05) is 0 Å². The van der Waals surface area contributed by atoms with Crippen molar-refractivity contribution in [3.63, 3.8) is 0 Å². The molecule has 0 saturated heterocycles. The van der Waals surface area contributed by atoms with Gasteiger partial charge in [0.05, 0.1) is 12.2 Å². The average Bonchev–Trinajstić information content (AvgIpc) is 2.34. The lowest BCUT2D eigenvalue weighted by molar-refractivity contribution is -0.139. The topological polar surface area (TPSA) is 58.6 Å². The van der Waals surface area contributed by atoms with Crippen LogP contribution in [0.25, 0.3) is 0 Å². The van der Waals surface area contributed by atoms with E-state index < -0.39 is 36.6 Å². The Morgan fingerprint density at radius 3 is 2.55 bits per heavy atom. The quantitative estimate of drug-likeness (QED) is 0.873. The summed E-state index contributed by atoms with van der Waals surface area (Å²) in [5.41, 5.74) is -0.891. The van der Waals surface area contributed by atoms with Gasteiger partial charge < -0.3 is 15.2 Å². The van der Waals surface area contributed by atoms with Gasteiger partial charge in [0, 0.05) is 6.04 Å². The highest BCUT2D eigenvalue weighted by Crippen LogP contribution is 2.36. The molecule has 112 valence electrons. The monoisotopic (exact) mass is 291 g/mol. The second-order valence-corrected chi connectivity index (χ2v) is 4.50. The highest BCUT2D eigenvalue weighted by Gasteiger charge is 2.34. The first-order valence-electron chi connectivity index (χ1n) is 5.97. The smallest absolute Gasteiger partial charge is 0.419 e. The van der Waals surface area contributed by atoms with Crippen molar-refractivity contribution < 1.29 is 27.8 Å². The Bertz CT molecular complexity index is 472. The fourth-order valence-corrected chi connectivity index (χ4v) is 1.53. The molecule has 0 aliphatic carbocycles. The van der Waals surface area contributed by atoms with Crippen LogP contribution in [-0.4, -0.2) is 23.7 Å². The van der Waals surface area contributed by atoms with Gasteiger partial charge >= 0.3 is 6.18 Å². The number of aliphatic hydroxyl groups is 1. The van der Waals surface area contributed by atoms with Crippen molar-refractivity contribution >= 4 is 5.91 Å². The lowest BCUT2D eigenvalue weighted by Crippen LogP contribution is -2.34. The van der Waals surface area contributed by atoms with Crippen LogP contribution in [0, 0.1) is 0 Å². The van der Waals surface area contributed by atoms with Gasteiger partial charge in [-0.25, -0.2) is 0 Å². The van der Waals surface area contributed by atoms with Crippen LogP contribution in [-0.2, 0) is 17.6 Å². The summed E-state index contributed by atoms with van der Waals surface area (Å²) < 4.78 is 43.4. The van der Waals surface area contributed by atoms with Gasteiger partial charge in [0.2, 0.25) is 0 Å². The van der Waals surface area contributed by atoms with Crippen molar-refractivity contribution in [1.29, 1.82) is 0 Å². The SMILES string of the molecule is CC(C)NC(=O)COc1ccc(CO)cc1C(F)(F)F. The van der Waals surface area contributed by atoms with Gasteiger partial charge in [0.15, 0.2) is 6.61 Å². The molecule has 20 heavy (non-hydrogen) atoms. The van der Waals surface area contributed by atoms with Gasteiger partial charge in [0.1, 0.15) is 5.75 Å². The molecule has 0 atom stereocenters. The number of aliphatic hydroxyl groups excluding tert-OH is 1. The minimum absolute atomic E-state index is 0.120. The van der Waals surface area contributed by atoms with Crippen LogP contribution in [0.1, 0.15) is 25.0 Å². The lowest BCUT2D eigenvalue weighted by atomic mass is 10.1. The fourth-order valence-electron chi connectivity index (χ4n) is 1.53. The number of amides is 1. The normalized spacial score (nSPS) is 11.6. The molecule has 0 fully saturated rings. The number of hydrogen-bond donors (Lipinski definition) is 2. The van der Waals surface area contributed by atoms with Gasteiger partial charge in [-0.1, -0.05) is 6.07 Å². The molecule has 4 nitrogen and oxygen atoms in total. The van der Waals surface area contributed by atoms with E-state index in [4.69, 9.17) is 9.84 Å². The predicted octanol–water partition coefficient (Wildman–Crippen LogP) is 2.10. The number of alkyl halides is 3. The Morgan fingerprint density at radius 2 is 2.05 bits per heavy atom. The molecule has 0 aromatic heterocycles. The number of nitrogens with one attached hydrogen (secondary N) is 1. The highest BCUT2D eigenvalue weighted by molar-refractivity contribution is 5.77. The van der Waals surface area contributed by atoms with Crippen molar-refractivity contribution in [3.8, 4) is 5.75 Å². The van der Waals surface area contributed by atoms with Gasteiger partial charge in [-0.05, 0) is 31.5 Å².